The van der Waals surface area contributed by atoms with E-state index in [0.29, 0.717) is 19.3 Å². The third-order valence-electron chi connectivity index (χ3n) is 13.5. The highest BCUT2D eigenvalue weighted by molar-refractivity contribution is 5.71. The monoisotopic (exact) mass is 919 g/mol. The fraction of sp³-hybridized carbons (Fsp3) is 0.949. The molecule has 0 saturated carbocycles. The summed E-state index contributed by atoms with van der Waals surface area (Å²) in [5.41, 5.74) is 0. The Kier molecular flexibility index (Phi) is 50.5. The van der Waals surface area contributed by atoms with Crippen LogP contribution in [-0.2, 0) is 28.6 Å². The summed E-state index contributed by atoms with van der Waals surface area (Å²) >= 11 is 0. The van der Waals surface area contributed by atoms with Crippen LogP contribution in [0, 0.1) is 11.8 Å². The smallest absolute Gasteiger partial charge is 0.306 e. The molecule has 0 unspecified atom stereocenters. The van der Waals surface area contributed by atoms with Gasteiger partial charge in [-0.05, 0) is 31.1 Å². The standard InChI is InChI=1S/C59H114O6/c1-6-7-8-9-10-11-12-13-14-15-16-17-18-24-29-34-39-44-49-57(60)63-52-56(53-64-58(61)50-45-40-35-30-26-21-23-28-33-38-43-48-55(4)5)65-59(62)51-46-41-36-31-25-20-19-22-27-32-37-42-47-54(2)3/h54-56H,6-53H2,1-5H3/t56-/m0/s1. The van der Waals surface area contributed by atoms with Crippen LogP contribution in [-0.4, -0.2) is 37.2 Å². The number of hydrogen-bond donors (Lipinski definition) is 0. The Balaban J connectivity index is 4.29. The normalized spacial score (nSPS) is 12.0. The third kappa shape index (κ3) is 53.2. The molecule has 0 aliphatic heterocycles. The molecule has 6 nitrogen and oxygen atoms in total. The molecule has 0 aromatic heterocycles. The highest BCUT2D eigenvalue weighted by Gasteiger charge is 2.19. The quantitative estimate of drug-likeness (QED) is 0.0344. The maximum Gasteiger partial charge on any atom is 0.306 e. The van der Waals surface area contributed by atoms with Crippen molar-refractivity contribution in [1.82, 2.24) is 0 Å². The lowest BCUT2D eigenvalue weighted by molar-refractivity contribution is -0.167. The predicted octanol–water partition coefficient (Wildman–Crippen LogP) is 19.3. The van der Waals surface area contributed by atoms with E-state index in [4.69, 9.17) is 14.2 Å². The van der Waals surface area contributed by atoms with Crippen LogP contribution >= 0.6 is 0 Å². The first-order valence-corrected chi connectivity index (χ1v) is 29.2. The number of carbonyl (C=O) groups excluding carboxylic acids is 3. The van der Waals surface area contributed by atoms with Crippen molar-refractivity contribution >= 4 is 17.9 Å². The zero-order valence-electron chi connectivity index (χ0n) is 44.6. The highest BCUT2D eigenvalue weighted by atomic mass is 16.6. The molecule has 0 aliphatic rings. The molecular formula is C59H114O6. The summed E-state index contributed by atoms with van der Waals surface area (Å²) in [5, 5.41) is 0. The van der Waals surface area contributed by atoms with Gasteiger partial charge in [0.1, 0.15) is 13.2 Å². The second-order valence-electron chi connectivity index (χ2n) is 21.2. The Bertz CT molecular complexity index is 993. The van der Waals surface area contributed by atoms with Gasteiger partial charge in [-0.25, -0.2) is 0 Å². The molecule has 0 aromatic carbocycles. The van der Waals surface area contributed by atoms with Crippen LogP contribution in [0.1, 0.15) is 330 Å². The van der Waals surface area contributed by atoms with E-state index in [1.165, 1.54) is 218 Å². The van der Waals surface area contributed by atoms with Gasteiger partial charge in [0.05, 0.1) is 0 Å². The number of esters is 3. The first-order valence-electron chi connectivity index (χ1n) is 29.2. The molecule has 386 valence electrons. The largest absolute Gasteiger partial charge is 0.462 e. The summed E-state index contributed by atoms with van der Waals surface area (Å²) in [6.45, 7) is 11.4. The second kappa shape index (κ2) is 51.8. The van der Waals surface area contributed by atoms with E-state index in [1.807, 2.05) is 0 Å². The molecule has 0 amide bonds. The molecule has 0 radical (unpaired) electrons. The van der Waals surface area contributed by atoms with E-state index in [-0.39, 0.29) is 31.1 Å². The van der Waals surface area contributed by atoms with Crippen LogP contribution in [0.4, 0.5) is 0 Å². The Morgan fingerprint density at radius 2 is 0.508 bits per heavy atom. The summed E-state index contributed by atoms with van der Waals surface area (Å²) in [7, 11) is 0. The minimum absolute atomic E-state index is 0.0627. The minimum Gasteiger partial charge on any atom is -0.462 e. The van der Waals surface area contributed by atoms with Crippen molar-refractivity contribution in [2.45, 2.75) is 336 Å². The van der Waals surface area contributed by atoms with Gasteiger partial charge in [-0.1, -0.05) is 291 Å². The lowest BCUT2D eigenvalue weighted by Crippen LogP contribution is -2.30. The SMILES string of the molecule is CCCCCCCCCCCCCCCCCCCCC(=O)OC[C@@H](COC(=O)CCCCCCCCCCCCCC(C)C)OC(=O)CCCCCCCCCCCCCCC(C)C. The fourth-order valence-electron chi connectivity index (χ4n) is 9.05. The van der Waals surface area contributed by atoms with Gasteiger partial charge in [0.25, 0.3) is 0 Å². The number of rotatable bonds is 53. The van der Waals surface area contributed by atoms with Crippen LogP contribution in [0.2, 0.25) is 0 Å². The van der Waals surface area contributed by atoms with Crippen molar-refractivity contribution in [3.05, 3.63) is 0 Å². The minimum atomic E-state index is -0.763. The molecule has 0 rings (SSSR count). The fourth-order valence-corrected chi connectivity index (χ4v) is 9.05. The molecule has 0 N–H and O–H groups in total. The van der Waals surface area contributed by atoms with Crippen LogP contribution in [0.3, 0.4) is 0 Å². The van der Waals surface area contributed by atoms with Gasteiger partial charge in [0.2, 0.25) is 0 Å². The average molecular weight is 920 g/mol. The predicted molar refractivity (Wildman–Crippen MR) is 280 cm³/mol. The van der Waals surface area contributed by atoms with Gasteiger partial charge >= 0.3 is 17.9 Å². The van der Waals surface area contributed by atoms with Crippen molar-refractivity contribution in [3.63, 3.8) is 0 Å². The van der Waals surface area contributed by atoms with Gasteiger partial charge in [-0.2, -0.15) is 0 Å². The van der Waals surface area contributed by atoms with E-state index in [1.54, 1.807) is 0 Å². The summed E-state index contributed by atoms with van der Waals surface area (Å²) in [6.07, 6.45) is 55.2. The lowest BCUT2D eigenvalue weighted by atomic mass is 10.0. The summed E-state index contributed by atoms with van der Waals surface area (Å²) < 4.78 is 16.9. The molecule has 0 aliphatic carbocycles. The molecule has 0 aromatic rings. The van der Waals surface area contributed by atoms with Gasteiger partial charge in [0.15, 0.2) is 6.10 Å². The lowest BCUT2D eigenvalue weighted by Gasteiger charge is -2.18. The Hall–Kier alpha value is -1.59. The molecule has 0 spiro atoms. The van der Waals surface area contributed by atoms with Crippen molar-refractivity contribution in [2.75, 3.05) is 13.2 Å². The van der Waals surface area contributed by atoms with Crippen molar-refractivity contribution in [3.8, 4) is 0 Å². The number of hydrogen-bond acceptors (Lipinski definition) is 6. The average Bonchev–Trinajstić information content (AvgIpc) is 3.28. The van der Waals surface area contributed by atoms with Crippen LogP contribution in [0.15, 0.2) is 0 Å². The number of carbonyl (C=O) groups is 3. The van der Waals surface area contributed by atoms with E-state index in [2.05, 4.69) is 34.6 Å². The summed E-state index contributed by atoms with van der Waals surface area (Å²) in [6, 6.07) is 0. The van der Waals surface area contributed by atoms with Crippen molar-refractivity contribution in [2.24, 2.45) is 11.8 Å². The van der Waals surface area contributed by atoms with E-state index in [9.17, 15) is 14.4 Å². The molecule has 1 atom stereocenters. The number of ether oxygens (including phenoxy) is 3. The Labute approximate surface area is 406 Å². The van der Waals surface area contributed by atoms with Crippen LogP contribution < -0.4 is 0 Å². The van der Waals surface area contributed by atoms with Crippen molar-refractivity contribution in [1.29, 1.82) is 0 Å². The molecule has 65 heavy (non-hydrogen) atoms. The van der Waals surface area contributed by atoms with Crippen LogP contribution in [0.25, 0.3) is 0 Å². The van der Waals surface area contributed by atoms with Gasteiger partial charge in [0, 0.05) is 19.3 Å². The topological polar surface area (TPSA) is 78.9 Å². The van der Waals surface area contributed by atoms with Gasteiger partial charge in [-0.15, -0.1) is 0 Å². The van der Waals surface area contributed by atoms with E-state index in [0.717, 1.165) is 69.6 Å². The molecular weight excluding hydrogens is 805 g/mol. The maximum absolute atomic E-state index is 12.8. The second-order valence-corrected chi connectivity index (χ2v) is 21.2. The van der Waals surface area contributed by atoms with Crippen molar-refractivity contribution < 1.29 is 28.6 Å². The van der Waals surface area contributed by atoms with E-state index >= 15 is 0 Å². The first kappa shape index (κ1) is 63.4. The molecule has 0 saturated heterocycles. The van der Waals surface area contributed by atoms with Crippen LogP contribution in [0.5, 0.6) is 0 Å². The first-order chi connectivity index (χ1) is 31.7. The summed E-state index contributed by atoms with van der Waals surface area (Å²) in [5.74, 6) is 0.820. The zero-order chi connectivity index (χ0) is 47.5. The summed E-state index contributed by atoms with van der Waals surface area (Å²) in [4.78, 5) is 38.1. The zero-order valence-corrected chi connectivity index (χ0v) is 44.6. The molecule has 0 bridgehead atoms. The highest BCUT2D eigenvalue weighted by Crippen LogP contribution is 2.18. The Morgan fingerprint density at radius 3 is 0.754 bits per heavy atom. The maximum atomic E-state index is 12.8. The Morgan fingerprint density at radius 1 is 0.292 bits per heavy atom. The van der Waals surface area contributed by atoms with E-state index < -0.39 is 6.10 Å². The third-order valence-corrected chi connectivity index (χ3v) is 13.5. The molecule has 6 heteroatoms. The number of unbranched alkanes of at least 4 members (excludes halogenated alkanes) is 38. The van der Waals surface area contributed by atoms with Gasteiger partial charge < -0.3 is 14.2 Å². The molecule has 0 heterocycles. The molecule has 0 fully saturated rings. The van der Waals surface area contributed by atoms with Gasteiger partial charge in [-0.3, -0.25) is 14.4 Å².